The van der Waals surface area contributed by atoms with Crippen LogP contribution in [0, 0.1) is 23.0 Å². The van der Waals surface area contributed by atoms with Gasteiger partial charge in [0.15, 0.2) is 11.5 Å². The van der Waals surface area contributed by atoms with Crippen LogP contribution in [-0.4, -0.2) is 17.3 Å². The van der Waals surface area contributed by atoms with Crippen molar-refractivity contribution in [3.63, 3.8) is 0 Å². The first-order valence-electron chi connectivity index (χ1n) is 6.48. The molecule has 102 valence electrons. The smallest absolute Gasteiger partial charge is 0.310 e. The lowest BCUT2D eigenvalue weighted by molar-refractivity contribution is -0.385. The van der Waals surface area contributed by atoms with Crippen molar-refractivity contribution in [1.29, 1.82) is 0 Å². The minimum absolute atomic E-state index is 0.0494. The van der Waals surface area contributed by atoms with E-state index in [0.29, 0.717) is 0 Å². The molecule has 2 rings (SSSR count). The summed E-state index contributed by atoms with van der Waals surface area (Å²) in [6.45, 7) is 1.75. The first kappa shape index (κ1) is 13.5. The molecule has 0 amide bonds. The van der Waals surface area contributed by atoms with Crippen LogP contribution in [0.4, 0.5) is 5.69 Å². The van der Waals surface area contributed by atoms with E-state index in [1.54, 1.807) is 12.1 Å². The number of nitro benzene ring substituents is 1. The number of hydrogen-bond donors (Lipinski definition) is 0. The van der Waals surface area contributed by atoms with Crippen LogP contribution in [0.15, 0.2) is 18.2 Å². The van der Waals surface area contributed by atoms with Gasteiger partial charge in [-0.1, -0.05) is 18.9 Å². The number of aryl methyl sites for hydroxylation is 1. The fraction of sp³-hybridized carbons (Fsp3) is 0.500. The number of ether oxygens (including phenoxy) is 1. The second kappa shape index (κ2) is 5.82. The molecule has 1 aromatic carbocycles. The Balaban J connectivity index is 2.04. The molecule has 0 atom stereocenters. The van der Waals surface area contributed by atoms with Gasteiger partial charge >= 0.3 is 5.69 Å². The minimum Gasteiger partial charge on any atom is -0.479 e. The molecule has 5 heteroatoms. The Bertz CT molecular complexity index is 492. The van der Waals surface area contributed by atoms with E-state index in [1.807, 2.05) is 6.92 Å². The Hall–Kier alpha value is -1.91. The summed E-state index contributed by atoms with van der Waals surface area (Å²) in [5.74, 6) is 0.300. The van der Waals surface area contributed by atoms with Crippen molar-refractivity contribution in [3.05, 3.63) is 33.9 Å². The Kier molecular flexibility index (Phi) is 4.14. The average molecular weight is 263 g/mol. The Labute approximate surface area is 111 Å². The Morgan fingerprint density at radius 3 is 2.74 bits per heavy atom. The zero-order valence-electron chi connectivity index (χ0n) is 10.9. The van der Waals surface area contributed by atoms with E-state index < -0.39 is 4.92 Å². The molecule has 0 aliphatic heterocycles. The third-order valence-electron chi connectivity index (χ3n) is 3.49. The molecule has 1 aliphatic carbocycles. The van der Waals surface area contributed by atoms with Gasteiger partial charge in [-0.2, -0.15) is 0 Å². The molecule has 0 N–H and O–H groups in total. The fourth-order valence-corrected chi connectivity index (χ4v) is 2.40. The summed E-state index contributed by atoms with van der Waals surface area (Å²) in [5.41, 5.74) is 0.777. The van der Waals surface area contributed by atoms with Crippen molar-refractivity contribution in [2.24, 2.45) is 5.92 Å². The normalized spacial score (nSPS) is 15.4. The molecule has 1 aromatic rings. The highest BCUT2D eigenvalue weighted by Gasteiger charge is 2.24. The summed E-state index contributed by atoms with van der Waals surface area (Å²) in [6.07, 6.45) is 4.00. The maximum Gasteiger partial charge on any atom is 0.310 e. The van der Waals surface area contributed by atoms with Gasteiger partial charge in [-0.3, -0.25) is 14.9 Å². The van der Waals surface area contributed by atoms with Crippen LogP contribution in [0.25, 0.3) is 0 Å². The van der Waals surface area contributed by atoms with Crippen LogP contribution in [-0.2, 0) is 4.79 Å². The second-order valence-corrected chi connectivity index (χ2v) is 4.96. The molecule has 1 fully saturated rings. The molecular formula is C14H17NO4. The van der Waals surface area contributed by atoms with Crippen molar-refractivity contribution in [2.75, 3.05) is 6.61 Å². The van der Waals surface area contributed by atoms with Crippen molar-refractivity contribution < 1.29 is 14.5 Å². The van der Waals surface area contributed by atoms with Gasteiger partial charge in [0.25, 0.3) is 0 Å². The maximum absolute atomic E-state index is 11.9. The number of carbonyl (C=O) groups is 1. The van der Waals surface area contributed by atoms with Gasteiger partial charge < -0.3 is 4.74 Å². The summed E-state index contributed by atoms with van der Waals surface area (Å²) in [7, 11) is 0. The molecular weight excluding hydrogens is 246 g/mol. The van der Waals surface area contributed by atoms with Crippen LogP contribution >= 0.6 is 0 Å². The molecule has 0 unspecified atom stereocenters. The van der Waals surface area contributed by atoms with Crippen LogP contribution in [0.1, 0.15) is 31.2 Å². The highest BCUT2D eigenvalue weighted by atomic mass is 16.6. The first-order chi connectivity index (χ1) is 9.08. The van der Waals surface area contributed by atoms with Gasteiger partial charge in [0, 0.05) is 12.0 Å². The second-order valence-electron chi connectivity index (χ2n) is 4.96. The van der Waals surface area contributed by atoms with E-state index in [2.05, 4.69) is 0 Å². The number of nitro groups is 1. The van der Waals surface area contributed by atoms with E-state index >= 15 is 0 Å². The SMILES string of the molecule is Cc1ccc([N+](=O)[O-])c(OCC(=O)C2CCCC2)c1. The predicted molar refractivity (Wildman–Crippen MR) is 70.3 cm³/mol. The fourth-order valence-electron chi connectivity index (χ4n) is 2.40. The average Bonchev–Trinajstić information content (AvgIpc) is 2.89. The standard InChI is InChI=1S/C14H17NO4/c1-10-6-7-12(15(17)18)14(8-10)19-9-13(16)11-4-2-3-5-11/h6-8,11H,2-5,9H2,1H3. The van der Waals surface area contributed by atoms with E-state index in [1.165, 1.54) is 6.07 Å². The van der Waals surface area contributed by atoms with Gasteiger partial charge in [-0.25, -0.2) is 0 Å². The molecule has 0 bridgehead atoms. The van der Waals surface area contributed by atoms with E-state index in [0.717, 1.165) is 31.2 Å². The number of benzene rings is 1. The minimum atomic E-state index is -0.491. The highest BCUT2D eigenvalue weighted by Crippen LogP contribution is 2.29. The molecule has 1 saturated carbocycles. The van der Waals surface area contributed by atoms with Crippen molar-refractivity contribution in [3.8, 4) is 5.75 Å². The number of Topliss-reactive ketones (excluding diaryl/α,β-unsaturated/α-hetero) is 1. The van der Waals surface area contributed by atoms with Crippen LogP contribution in [0.5, 0.6) is 5.75 Å². The molecule has 0 spiro atoms. The Morgan fingerprint density at radius 1 is 1.42 bits per heavy atom. The molecule has 19 heavy (non-hydrogen) atoms. The lowest BCUT2D eigenvalue weighted by Gasteiger charge is -2.10. The monoisotopic (exact) mass is 263 g/mol. The van der Waals surface area contributed by atoms with Crippen LogP contribution in [0.2, 0.25) is 0 Å². The summed E-state index contributed by atoms with van der Waals surface area (Å²) in [5, 5.41) is 10.9. The van der Waals surface area contributed by atoms with Gasteiger partial charge in [0.05, 0.1) is 4.92 Å². The van der Waals surface area contributed by atoms with Crippen molar-refractivity contribution in [1.82, 2.24) is 0 Å². The number of ketones is 1. The number of carbonyl (C=O) groups excluding carboxylic acids is 1. The summed E-state index contributed by atoms with van der Waals surface area (Å²) < 4.78 is 5.36. The molecule has 1 aliphatic rings. The van der Waals surface area contributed by atoms with Crippen LogP contribution in [0.3, 0.4) is 0 Å². The molecule has 0 heterocycles. The number of nitrogens with zero attached hydrogens (tertiary/aromatic N) is 1. The van der Waals surface area contributed by atoms with Crippen molar-refractivity contribution in [2.45, 2.75) is 32.6 Å². The summed E-state index contributed by atoms with van der Waals surface area (Å²) in [4.78, 5) is 22.3. The summed E-state index contributed by atoms with van der Waals surface area (Å²) >= 11 is 0. The first-order valence-corrected chi connectivity index (χ1v) is 6.48. The number of hydrogen-bond acceptors (Lipinski definition) is 4. The molecule has 0 saturated heterocycles. The zero-order valence-corrected chi connectivity index (χ0v) is 10.9. The molecule has 0 aromatic heterocycles. The van der Waals surface area contributed by atoms with Gasteiger partial charge in [-0.05, 0) is 31.4 Å². The van der Waals surface area contributed by atoms with E-state index in [4.69, 9.17) is 4.74 Å². The zero-order chi connectivity index (χ0) is 13.8. The van der Waals surface area contributed by atoms with Crippen molar-refractivity contribution >= 4 is 11.5 Å². The predicted octanol–water partition coefficient (Wildman–Crippen LogP) is 3.04. The lowest BCUT2D eigenvalue weighted by atomic mass is 10.0. The van der Waals surface area contributed by atoms with E-state index in [-0.39, 0.29) is 29.7 Å². The summed E-state index contributed by atoms with van der Waals surface area (Å²) in [6, 6.07) is 4.66. The van der Waals surface area contributed by atoms with Crippen LogP contribution < -0.4 is 4.74 Å². The topological polar surface area (TPSA) is 69.4 Å². The van der Waals surface area contributed by atoms with Gasteiger partial charge in [0.2, 0.25) is 0 Å². The maximum atomic E-state index is 11.9. The molecule has 5 nitrogen and oxygen atoms in total. The number of rotatable bonds is 5. The quantitative estimate of drug-likeness (QED) is 0.604. The van der Waals surface area contributed by atoms with Gasteiger partial charge in [-0.15, -0.1) is 0 Å². The third kappa shape index (κ3) is 3.30. The third-order valence-corrected chi connectivity index (χ3v) is 3.49. The molecule has 0 radical (unpaired) electrons. The van der Waals surface area contributed by atoms with Gasteiger partial charge in [0.1, 0.15) is 6.61 Å². The lowest BCUT2D eigenvalue weighted by Crippen LogP contribution is -2.19. The van der Waals surface area contributed by atoms with E-state index in [9.17, 15) is 14.9 Å². The Morgan fingerprint density at radius 2 is 2.11 bits per heavy atom. The highest BCUT2D eigenvalue weighted by molar-refractivity contribution is 5.82. The largest absolute Gasteiger partial charge is 0.479 e.